The number of halogens is 1. The Morgan fingerprint density at radius 1 is 1.13 bits per heavy atom. The molecule has 3 N–H and O–H groups in total. The van der Waals surface area contributed by atoms with E-state index in [1.54, 1.807) is 12.1 Å². The van der Waals surface area contributed by atoms with E-state index in [9.17, 15) is 4.79 Å². The molecule has 0 aromatic heterocycles. The van der Waals surface area contributed by atoms with Crippen molar-refractivity contribution in [1.29, 1.82) is 0 Å². The van der Waals surface area contributed by atoms with Crippen LogP contribution >= 0.6 is 12.4 Å². The molecule has 4 nitrogen and oxygen atoms in total. The van der Waals surface area contributed by atoms with Crippen molar-refractivity contribution in [3.63, 3.8) is 0 Å². The summed E-state index contributed by atoms with van der Waals surface area (Å²) in [6, 6.07) is 16.7. The van der Waals surface area contributed by atoms with Crippen molar-refractivity contribution in [1.82, 2.24) is 5.32 Å². The molecule has 1 atom stereocenters. The molecule has 0 heterocycles. The summed E-state index contributed by atoms with van der Waals surface area (Å²) in [5.74, 6) is 1.67. The molecule has 0 aliphatic heterocycles. The van der Waals surface area contributed by atoms with Crippen molar-refractivity contribution < 1.29 is 9.53 Å². The van der Waals surface area contributed by atoms with Gasteiger partial charge in [0.05, 0.1) is 5.56 Å². The first-order valence-corrected chi connectivity index (χ1v) is 7.60. The minimum absolute atomic E-state index is 0. The van der Waals surface area contributed by atoms with E-state index in [0.29, 0.717) is 29.5 Å². The zero-order valence-electron chi connectivity index (χ0n) is 12.8. The number of nitrogens with two attached hydrogens (primary N) is 1. The highest BCUT2D eigenvalue weighted by atomic mass is 35.5. The third kappa shape index (κ3) is 4.71. The standard InChI is InChI=1S/C18H20N2O2.ClH/c19-16(13-10-11-13)12-20-18(21)15-8-4-5-9-17(15)22-14-6-2-1-3-7-14;/h1-9,13,16H,10-12,19H2,(H,20,21);1H. The van der Waals surface area contributed by atoms with Gasteiger partial charge < -0.3 is 15.8 Å². The molecule has 1 amide bonds. The summed E-state index contributed by atoms with van der Waals surface area (Å²) in [7, 11) is 0. The Balaban J connectivity index is 0.00000192. The maximum Gasteiger partial charge on any atom is 0.255 e. The summed E-state index contributed by atoms with van der Waals surface area (Å²) in [4.78, 5) is 12.4. The third-order valence-corrected chi connectivity index (χ3v) is 3.83. The first-order chi connectivity index (χ1) is 10.7. The largest absolute Gasteiger partial charge is 0.457 e. The van der Waals surface area contributed by atoms with Crippen molar-refractivity contribution in [2.24, 2.45) is 11.7 Å². The maximum atomic E-state index is 12.4. The predicted molar refractivity (Wildman–Crippen MR) is 93.2 cm³/mol. The van der Waals surface area contributed by atoms with E-state index in [1.165, 1.54) is 12.8 Å². The summed E-state index contributed by atoms with van der Waals surface area (Å²) >= 11 is 0. The second-order valence-corrected chi connectivity index (χ2v) is 5.62. The predicted octanol–water partition coefficient (Wildman–Crippen LogP) is 3.37. The number of carbonyl (C=O) groups is 1. The Labute approximate surface area is 142 Å². The number of hydrogen-bond acceptors (Lipinski definition) is 3. The smallest absolute Gasteiger partial charge is 0.255 e. The molecule has 1 saturated carbocycles. The van der Waals surface area contributed by atoms with E-state index in [4.69, 9.17) is 10.5 Å². The fourth-order valence-electron chi connectivity index (χ4n) is 2.36. The van der Waals surface area contributed by atoms with Crippen molar-refractivity contribution >= 4 is 18.3 Å². The van der Waals surface area contributed by atoms with Crippen LogP contribution in [0, 0.1) is 5.92 Å². The van der Waals surface area contributed by atoms with Crippen LogP contribution in [0.5, 0.6) is 11.5 Å². The van der Waals surface area contributed by atoms with Crippen LogP contribution in [0.25, 0.3) is 0 Å². The van der Waals surface area contributed by atoms with Crippen LogP contribution in [0.3, 0.4) is 0 Å². The van der Waals surface area contributed by atoms with Gasteiger partial charge >= 0.3 is 0 Å². The fourth-order valence-corrected chi connectivity index (χ4v) is 2.36. The Morgan fingerprint density at radius 3 is 2.48 bits per heavy atom. The fraction of sp³-hybridized carbons (Fsp3) is 0.278. The van der Waals surface area contributed by atoms with Gasteiger partial charge in [-0.3, -0.25) is 4.79 Å². The second kappa shape index (κ2) is 7.99. The number of ether oxygens (including phenoxy) is 1. The van der Waals surface area contributed by atoms with E-state index in [2.05, 4.69) is 5.32 Å². The second-order valence-electron chi connectivity index (χ2n) is 5.62. The van der Waals surface area contributed by atoms with Crippen molar-refractivity contribution in [2.75, 3.05) is 6.54 Å². The first-order valence-electron chi connectivity index (χ1n) is 7.60. The maximum absolute atomic E-state index is 12.4. The van der Waals surface area contributed by atoms with Gasteiger partial charge in [-0.25, -0.2) is 0 Å². The van der Waals surface area contributed by atoms with Gasteiger partial charge in [-0.2, -0.15) is 0 Å². The lowest BCUT2D eigenvalue weighted by Crippen LogP contribution is -2.38. The lowest BCUT2D eigenvalue weighted by atomic mass is 10.1. The lowest BCUT2D eigenvalue weighted by Gasteiger charge is -2.14. The van der Waals surface area contributed by atoms with Crippen LogP contribution in [0.15, 0.2) is 54.6 Å². The highest BCUT2D eigenvalue weighted by Gasteiger charge is 2.28. The quantitative estimate of drug-likeness (QED) is 0.852. The number of hydrogen-bond donors (Lipinski definition) is 2. The van der Waals surface area contributed by atoms with Gasteiger partial charge in [-0.1, -0.05) is 30.3 Å². The molecule has 2 aromatic carbocycles. The van der Waals surface area contributed by atoms with Gasteiger partial charge in [0.15, 0.2) is 0 Å². The number of para-hydroxylation sites is 2. The highest BCUT2D eigenvalue weighted by molar-refractivity contribution is 5.97. The van der Waals surface area contributed by atoms with Crippen LogP contribution in [-0.4, -0.2) is 18.5 Å². The van der Waals surface area contributed by atoms with E-state index < -0.39 is 0 Å². The molecule has 0 spiro atoms. The summed E-state index contributed by atoms with van der Waals surface area (Å²) in [6.07, 6.45) is 2.34. The molecule has 3 rings (SSSR count). The van der Waals surface area contributed by atoms with Crippen molar-refractivity contribution in [3.05, 3.63) is 60.2 Å². The zero-order chi connectivity index (χ0) is 15.4. The van der Waals surface area contributed by atoms with Crippen molar-refractivity contribution in [3.8, 4) is 11.5 Å². The minimum atomic E-state index is -0.150. The molecule has 23 heavy (non-hydrogen) atoms. The third-order valence-electron chi connectivity index (χ3n) is 3.83. The Hall–Kier alpha value is -2.04. The summed E-state index contributed by atoms with van der Waals surface area (Å²) in [6.45, 7) is 0.503. The highest BCUT2D eigenvalue weighted by Crippen LogP contribution is 2.31. The average Bonchev–Trinajstić information content (AvgIpc) is 3.39. The SMILES string of the molecule is Cl.NC(CNC(=O)c1ccccc1Oc1ccccc1)C1CC1. The van der Waals surface area contributed by atoms with E-state index in [1.807, 2.05) is 42.5 Å². The number of rotatable bonds is 6. The number of amides is 1. The molecule has 1 fully saturated rings. The summed E-state index contributed by atoms with van der Waals surface area (Å²) < 4.78 is 5.81. The number of benzene rings is 2. The van der Waals surface area contributed by atoms with Crippen LogP contribution in [0.1, 0.15) is 23.2 Å². The molecular weight excluding hydrogens is 312 g/mol. The number of carbonyl (C=O) groups excluding carboxylic acids is 1. The van der Waals surface area contributed by atoms with Gasteiger partial charge in [-0.15, -0.1) is 12.4 Å². The molecule has 122 valence electrons. The van der Waals surface area contributed by atoms with E-state index in [-0.39, 0.29) is 24.4 Å². The molecular formula is C18H21ClN2O2. The van der Waals surface area contributed by atoms with E-state index >= 15 is 0 Å². The average molecular weight is 333 g/mol. The van der Waals surface area contributed by atoms with Crippen LogP contribution in [0.4, 0.5) is 0 Å². The van der Waals surface area contributed by atoms with Crippen LogP contribution < -0.4 is 15.8 Å². The van der Waals surface area contributed by atoms with Gasteiger partial charge in [0.25, 0.3) is 5.91 Å². The van der Waals surface area contributed by atoms with Gasteiger partial charge in [0.2, 0.25) is 0 Å². The van der Waals surface area contributed by atoms with Crippen LogP contribution in [-0.2, 0) is 0 Å². The Morgan fingerprint density at radius 2 is 1.78 bits per heavy atom. The molecule has 0 bridgehead atoms. The molecule has 5 heteroatoms. The number of nitrogens with one attached hydrogen (secondary N) is 1. The molecule has 1 aliphatic rings. The Bertz CT molecular complexity index is 644. The summed E-state index contributed by atoms with van der Waals surface area (Å²) in [5.41, 5.74) is 6.54. The van der Waals surface area contributed by atoms with Gasteiger partial charge in [0.1, 0.15) is 11.5 Å². The molecule has 1 aliphatic carbocycles. The van der Waals surface area contributed by atoms with Gasteiger partial charge in [-0.05, 0) is 43.0 Å². The van der Waals surface area contributed by atoms with Crippen molar-refractivity contribution in [2.45, 2.75) is 18.9 Å². The molecule has 0 radical (unpaired) electrons. The molecule has 2 aromatic rings. The molecule has 1 unspecified atom stereocenters. The normalized spacial score (nSPS) is 14.5. The van der Waals surface area contributed by atoms with Gasteiger partial charge in [0, 0.05) is 12.6 Å². The molecule has 0 saturated heterocycles. The zero-order valence-corrected chi connectivity index (χ0v) is 13.6. The minimum Gasteiger partial charge on any atom is -0.457 e. The Kier molecular flexibility index (Phi) is 6.02. The van der Waals surface area contributed by atoms with Crippen LogP contribution in [0.2, 0.25) is 0 Å². The van der Waals surface area contributed by atoms with E-state index in [0.717, 1.165) is 0 Å². The lowest BCUT2D eigenvalue weighted by molar-refractivity contribution is 0.0948. The first kappa shape index (κ1) is 17.3. The summed E-state index contributed by atoms with van der Waals surface area (Å²) in [5, 5.41) is 2.90. The monoisotopic (exact) mass is 332 g/mol. The topological polar surface area (TPSA) is 64.3 Å².